The molecule has 1 heterocycles. The van der Waals surface area contributed by atoms with Crippen molar-refractivity contribution in [2.45, 2.75) is 19.8 Å². The summed E-state index contributed by atoms with van der Waals surface area (Å²) in [6.45, 7) is 2.76. The van der Waals surface area contributed by atoms with Crippen molar-refractivity contribution in [1.29, 1.82) is 0 Å². The molecule has 1 aromatic rings. The average molecular weight is 207 g/mol. The second-order valence-electron chi connectivity index (χ2n) is 4.43. The highest BCUT2D eigenvalue weighted by Crippen LogP contribution is 2.29. The lowest BCUT2D eigenvalue weighted by molar-refractivity contribution is 0.0788. The summed E-state index contributed by atoms with van der Waals surface area (Å²) in [5.74, 6) is 0.823. The topological polar surface area (TPSA) is 38.1 Å². The Morgan fingerprint density at radius 1 is 1.67 bits per heavy atom. The van der Waals surface area contributed by atoms with Crippen LogP contribution in [0.1, 0.15) is 28.9 Å². The maximum atomic E-state index is 12.0. The number of hydrogen-bond acceptors (Lipinski definition) is 2. The van der Waals surface area contributed by atoms with Gasteiger partial charge in [-0.25, -0.2) is 0 Å². The van der Waals surface area contributed by atoms with E-state index in [1.54, 1.807) is 10.9 Å². The van der Waals surface area contributed by atoms with Crippen LogP contribution in [0, 0.1) is 12.8 Å². The maximum Gasteiger partial charge on any atom is 0.257 e. The Bertz CT molecular complexity index is 379. The van der Waals surface area contributed by atoms with E-state index in [-0.39, 0.29) is 5.91 Å². The first-order valence-corrected chi connectivity index (χ1v) is 5.33. The first kappa shape index (κ1) is 10.2. The lowest BCUT2D eigenvalue weighted by Crippen LogP contribution is -2.28. The number of hydrogen-bond donors (Lipinski definition) is 0. The number of nitrogens with zero attached hydrogens (tertiary/aromatic N) is 3. The molecule has 1 saturated carbocycles. The first-order chi connectivity index (χ1) is 7.08. The van der Waals surface area contributed by atoms with Crippen molar-refractivity contribution in [1.82, 2.24) is 14.7 Å². The fraction of sp³-hybridized carbons (Fsp3) is 0.636. The van der Waals surface area contributed by atoms with Crippen LogP contribution in [0.2, 0.25) is 0 Å². The molecule has 0 aromatic carbocycles. The van der Waals surface area contributed by atoms with Gasteiger partial charge in [0.15, 0.2) is 0 Å². The number of carbonyl (C=O) groups is 1. The molecule has 4 nitrogen and oxygen atoms in total. The van der Waals surface area contributed by atoms with Crippen LogP contribution in [-0.4, -0.2) is 34.2 Å². The van der Waals surface area contributed by atoms with Gasteiger partial charge < -0.3 is 4.90 Å². The molecule has 2 rings (SSSR count). The van der Waals surface area contributed by atoms with E-state index >= 15 is 0 Å². The highest BCUT2D eigenvalue weighted by atomic mass is 16.2. The van der Waals surface area contributed by atoms with Crippen LogP contribution in [0.3, 0.4) is 0 Å². The molecule has 0 N–H and O–H groups in total. The number of aryl methyl sites for hydroxylation is 2. The van der Waals surface area contributed by atoms with Gasteiger partial charge in [0, 0.05) is 26.8 Å². The van der Waals surface area contributed by atoms with Crippen LogP contribution >= 0.6 is 0 Å². The summed E-state index contributed by atoms with van der Waals surface area (Å²) in [4.78, 5) is 13.8. The number of amides is 1. The number of rotatable bonds is 3. The fourth-order valence-electron chi connectivity index (χ4n) is 1.79. The summed E-state index contributed by atoms with van der Waals surface area (Å²) in [5, 5.41) is 4.18. The van der Waals surface area contributed by atoms with Crippen molar-refractivity contribution in [3.8, 4) is 0 Å². The van der Waals surface area contributed by atoms with Crippen molar-refractivity contribution in [2.24, 2.45) is 13.0 Å². The van der Waals surface area contributed by atoms with Crippen LogP contribution < -0.4 is 0 Å². The Kier molecular flexibility index (Phi) is 2.50. The quantitative estimate of drug-likeness (QED) is 0.747. The second-order valence-corrected chi connectivity index (χ2v) is 4.43. The van der Waals surface area contributed by atoms with Gasteiger partial charge in [0.25, 0.3) is 5.91 Å². The molecule has 1 amide bonds. The highest BCUT2D eigenvalue weighted by molar-refractivity contribution is 5.94. The zero-order valence-electron chi connectivity index (χ0n) is 9.53. The monoisotopic (exact) mass is 207 g/mol. The Morgan fingerprint density at radius 2 is 2.33 bits per heavy atom. The molecule has 0 spiro atoms. The molecular formula is C11H17N3O. The zero-order valence-corrected chi connectivity index (χ0v) is 9.53. The summed E-state index contributed by atoms with van der Waals surface area (Å²) in [5.41, 5.74) is 1.53. The van der Waals surface area contributed by atoms with Gasteiger partial charge in [-0.15, -0.1) is 0 Å². The number of carbonyl (C=O) groups excluding carboxylic acids is 1. The summed E-state index contributed by atoms with van der Waals surface area (Å²) in [7, 11) is 3.71. The minimum Gasteiger partial charge on any atom is -0.341 e. The lowest BCUT2D eigenvalue weighted by atomic mass is 10.2. The average Bonchev–Trinajstić information content (AvgIpc) is 2.90. The van der Waals surface area contributed by atoms with Crippen LogP contribution in [-0.2, 0) is 7.05 Å². The largest absolute Gasteiger partial charge is 0.341 e. The maximum absolute atomic E-state index is 12.0. The normalized spacial score (nSPS) is 15.4. The molecule has 0 aliphatic heterocycles. The van der Waals surface area contributed by atoms with Gasteiger partial charge in [-0.1, -0.05) is 0 Å². The minimum atomic E-state index is 0.0903. The molecule has 0 radical (unpaired) electrons. The van der Waals surface area contributed by atoms with Gasteiger partial charge in [-0.3, -0.25) is 9.48 Å². The van der Waals surface area contributed by atoms with Crippen molar-refractivity contribution < 1.29 is 4.79 Å². The fourth-order valence-corrected chi connectivity index (χ4v) is 1.79. The molecule has 1 aliphatic carbocycles. The standard InChI is InChI=1S/C11H17N3O/c1-8-10(7-14(3)12-8)11(15)13(2)6-9-4-5-9/h7,9H,4-6H2,1-3H3. The SMILES string of the molecule is Cc1nn(C)cc1C(=O)N(C)CC1CC1. The van der Waals surface area contributed by atoms with Crippen molar-refractivity contribution in [3.05, 3.63) is 17.5 Å². The molecule has 1 aromatic heterocycles. The molecule has 4 heteroatoms. The van der Waals surface area contributed by atoms with Gasteiger partial charge in [0.2, 0.25) is 0 Å². The van der Waals surface area contributed by atoms with E-state index in [2.05, 4.69) is 5.10 Å². The van der Waals surface area contributed by atoms with E-state index in [0.29, 0.717) is 0 Å². The molecule has 0 unspecified atom stereocenters. The minimum absolute atomic E-state index is 0.0903. The molecule has 1 aliphatic rings. The van der Waals surface area contributed by atoms with E-state index in [1.165, 1.54) is 12.8 Å². The van der Waals surface area contributed by atoms with E-state index in [1.807, 2.05) is 25.9 Å². The van der Waals surface area contributed by atoms with Gasteiger partial charge in [-0.05, 0) is 25.7 Å². The van der Waals surface area contributed by atoms with E-state index in [4.69, 9.17) is 0 Å². The second kappa shape index (κ2) is 3.68. The Balaban J connectivity index is 2.08. The number of aromatic nitrogens is 2. The van der Waals surface area contributed by atoms with Crippen molar-refractivity contribution >= 4 is 5.91 Å². The molecule has 15 heavy (non-hydrogen) atoms. The molecular weight excluding hydrogens is 190 g/mol. The Labute approximate surface area is 89.9 Å². The van der Waals surface area contributed by atoms with Crippen LogP contribution in [0.15, 0.2) is 6.20 Å². The van der Waals surface area contributed by atoms with Crippen LogP contribution in [0.5, 0.6) is 0 Å². The van der Waals surface area contributed by atoms with Gasteiger partial charge in [0.05, 0.1) is 11.3 Å². The van der Waals surface area contributed by atoms with E-state index < -0.39 is 0 Å². The van der Waals surface area contributed by atoms with Crippen LogP contribution in [0.25, 0.3) is 0 Å². The summed E-state index contributed by atoms with van der Waals surface area (Å²) < 4.78 is 1.69. The van der Waals surface area contributed by atoms with Gasteiger partial charge in [-0.2, -0.15) is 5.10 Å². The van der Waals surface area contributed by atoms with E-state index in [9.17, 15) is 4.79 Å². The first-order valence-electron chi connectivity index (χ1n) is 5.33. The smallest absolute Gasteiger partial charge is 0.257 e. The lowest BCUT2D eigenvalue weighted by Gasteiger charge is -2.15. The van der Waals surface area contributed by atoms with E-state index in [0.717, 1.165) is 23.7 Å². The molecule has 0 bridgehead atoms. The third-order valence-electron chi connectivity index (χ3n) is 2.82. The molecule has 0 atom stereocenters. The van der Waals surface area contributed by atoms with Crippen molar-refractivity contribution in [3.63, 3.8) is 0 Å². The third kappa shape index (κ3) is 2.19. The van der Waals surface area contributed by atoms with Gasteiger partial charge in [0.1, 0.15) is 0 Å². The highest BCUT2D eigenvalue weighted by Gasteiger charge is 2.26. The summed E-state index contributed by atoms with van der Waals surface area (Å²) >= 11 is 0. The van der Waals surface area contributed by atoms with Crippen molar-refractivity contribution in [2.75, 3.05) is 13.6 Å². The molecule has 0 saturated heterocycles. The Hall–Kier alpha value is -1.32. The molecule has 1 fully saturated rings. The third-order valence-corrected chi connectivity index (χ3v) is 2.82. The predicted molar refractivity (Wildman–Crippen MR) is 57.6 cm³/mol. The predicted octanol–water partition coefficient (Wildman–Crippen LogP) is 1.21. The Morgan fingerprint density at radius 3 is 2.80 bits per heavy atom. The van der Waals surface area contributed by atoms with Crippen LogP contribution in [0.4, 0.5) is 0 Å². The molecule has 82 valence electrons. The van der Waals surface area contributed by atoms with Gasteiger partial charge >= 0.3 is 0 Å². The summed E-state index contributed by atoms with van der Waals surface area (Å²) in [6, 6.07) is 0. The zero-order chi connectivity index (χ0) is 11.0. The summed E-state index contributed by atoms with van der Waals surface area (Å²) in [6.07, 6.45) is 4.33.